The number of hydrogen-bond donors (Lipinski definition) is 2. The van der Waals surface area contributed by atoms with E-state index in [1.165, 1.54) is 0 Å². The van der Waals surface area contributed by atoms with Crippen LogP contribution in [0, 0.1) is 0 Å². The Morgan fingerprint density at radius 2 is 2.35 bits per heavy atom. The van der Waals surface area contributed by atoms with Gasteiger partial charge in [-0.25, -0.2) is 0 Å². The highest BCUT2D eigenvalue weighted by Crippen LogP contribution is 2.21. The molecule has 0 bridgehead atoms. The van der Waals surface area contributed by atoms with E-state index in [0.717, 1.165) is 5.56 Å². The number of nitrogens with zero attached hydrogens (tertiary/aromatic N) is 3. The van der Waals surface area contributed by atoms with E-state index < -0.39 is 0 Å². The molecular weight excluding hydrogens is 218 g/mol. The Morgan fingerprint density at radius 1 is 1.71 bits per heavy atom. The minimum Gasteiger partial charge on any atom is -0.358 e. The first-order valence-corrected chi connectivity index (χ1v) is 5.60. The van der Waals surface area contributed by atoms with Crippen LogP contribution in [0.4, 0.5) is 0 Å². The molecule has 0 aliphatic carbocycles. The van der Waals surface area contributed by atoms with Crippen molar-refractivity contribution in [1.82, 2.24) is 20.0 Å². The predicted molar refractivity (Wildman–Crippen MR) is 66.3 cm³/mol. The van der Waals surface area contributed by atoms with E-state index in [1.54, 1.807) is 17.9 Å². The van der Waals surface area contributed by atoms with E-state index in [0.29, 0.717) is 6.54 Å². The van der Waals surface area contributed by atoms with E-state index in [1.807, 2.05) is 32.1 Å². The van der Waals surface area contributed by atoms with Crippen molar-refractivity contribution >= 4 is 5.91 Å². The molecule has 0 aliphatic heterocycles. The number of amides is 1. The first kappa shape index (κ1) is 13.7. The summed E-state index contributed by atoms with van der Waals surface area (Å²) in [5.41, 5.74) is 7.01. The van der Waals surface area contributed by atoms with Gasteiger partial charge in [0.25, 0.3) is 0 Å². The van der Waals surface area contributed by atoms with Gasteiger partial charge in [-0.15, -0.1) is 0 Å². The number of nitrogens with one attached hydrogen (secondary N) is 1. The summed E-state index contributed by atoms with van der Waals surface area (Å²) in [6.45, 7) is 2.25. The predicted octanol–water partition coefficient (Wildman–Crippen LogP) is -0.514. The Hall–Kier alpha value is -1.40. The van der Waals surface area contributed by atoms with Gasteiger partial charge in [0, 0.05) is 31.9 Å². The Balaban J connectivity index is 2.82. The lowest BCUT2D eigenvalue weighted by atomic mass is 10.0. The molecule has 1 heterocycles. The second-order valence-corrected chi connectivity index (χ2v) is 4.34. The molecule has 0 fully saturated rings. The summed E-state index contributed by atoms with van der Waals surface area (Å²) in [5, 5.41) is 6.74. The van der Waals surface area contributed by atoms with Crippen LogP contribution in [0.1, 0.15) is 18.5 Å². The molecule has 1 rings (SSSR count). The Kier molecular flexibility index (Phi) is 4.65. The molecule has 96 valence electrons. The van der Waals surface area contributed by atoms with Gasteiger partial charge in [0.15, 0.2) is 0 Å². The fourth-order valence-electron chi connectivity index (χ4n) is 1.96. The number of carbonyl (C=O) groups is 1. The number of likely N-dealkylation sites (N-methyl/N-ethyl adjacent to an activating group) is 2. The maximum Gasteiger partial charge on any atom is 0.233 e. The second-order valence-electron chi connectivity index (χ2n) is 4.34. The van der Waals surface area contributed by atoms with Crippen LogP contribution in [-0.4, -0.2) is 47.3 Å². The molecule has 0 saturated heterocycles. The Bertz CT molecular complexity index is 374. The number of aromatic nitrogens is 2. The molecule has 1 aromatic heterocycles. The van der Waals surface area contributed by atoms with Gasteiger partial charge in [-0.2, -0.15) is 5.10 Å². The highest BCUT2D eigenvalue weighted by molar-refractivity contribution is 5.77. The van der Waals surface area contributed by atoms with E-state index in [2.05, 4.69) is 10.4 Å². The molecule has 0 aliphatic rings. The Labute approximate surface area is 102 Å². The summed E-state index contributed by atoms with van der Waals surface area (Å²) in [6, 6.07) is -0.0881. The molecule has 17 heavy (non-hydrogen) atoms. The number of hydrogen-bond acceptors (Lipinski definition) is 4. The van der Waals surface area contributed by atoms with Crippen molar-refractivity contribution in [2.75, 3.05) is 20.6 Å². The number of aryl methyl sites for hydroxylation is 1. The molecule has 0 saturated carbocycles. The molecule has 2 atom stereocenters. The molecule has 0 radical (unpaired) electrons. The average Bonchev–Trinajstić information content (AvgIpc) is 2.64. The van der Waals surface area contributed by atoms with Crippen molar-refractivity contribution in [3.8, 4) is 0 Å². The van der Waals surface area contributed by atoms with Crippen LogP contribution in [-0.2, 0) is 11.8 Å². The molecule has 3 N–H and O–H groups in total. The lowest BCUT2D eigenvalue weighted by Crippen LogP contribution is -2.42. The summed E-state index contributed by atoms with van der Waals surface area (Å²) >= 11 is 0. The molecule has 1 aromatic rings. The monoisotopic (exact) mass is 239 g/mol. The van der Waals surface area contributed by atoms with Crippen LogP contribution in [0.15, 0.2) is 12.4 Å². The number of rotatable bonds is 5. The minimum absolute atomic E-state index is 0.0130. The first-order chi connectivity index (χ1) is 7.95. The van der Waals surface area contributed by atoms with Gasteiger partial charge >= 0.3 is 0 Å². The Morgan fingerprint density at radius 3 is 2.76 bits per heavy atom. The van der Waals surface area contributed by atoms with Crippen molar-refractivity contribution in [2.24, 2.45) is 12.8 Å². The van der Waals surface area contributed by atoms with Crippen LogP contribution in [0.5, 0.6) is 0 Å². The molecule has 2 unspecified atom stereocenters. The number of carbonyl (C=O) groups excluding carboxylic acids is 1. The van der Waals surface area contributed by atoms with E-state index in [9.17, 15) is 4.79 Å². The third-order valence-corrected chi connectivity index (χ3v) is 2.71. The smallest absolute Gasteiger partial charge is 0.233 e. The summed E-state index contributed by atoms with van der Waals surface area (Å²) in [5.74, 6) is -0.0259. The van der Waals surface area contributed by atoms with Crippen molar-refractivity contribution in [2.45, 2.75) is 19.0 Å². The fourth-order valence-corrected chi connectivity index (χ4v) is 1.96. The zero-order valence-corrected chi connectivity index (χ0v) is 10.8. The van der Waals surface area contributed by atoms with E-state index in [4.69, 9.17) is 5.73 Å². The van der Waals surface area contributed by atoms with E-state index in [-0.39, 0.29) is 18.0 Å². The van der Waals surface area contributed by atoms with Crippen LogP contribution in [0.25, 0.3) is 0 Å². The standard InChI is InChI=1S/C11H21N5O/c1-8(12)11(9-5-14-16(4)6-9)15(3)7-10(17)13-2/h5-6,8,11H,7,12H2,1-4H3,(H,13,17). The summed E-state index contributed by atoms with van der Waals surface area (Å²) in [6.07, 6.45) is 3.71. The average molecular weight is 239 g/mol. The van der Waals surface area contributed by atoms with Gasteiger partial charge in [-0.1, -0.05) is 0 Å². The fraction of sp³-hybridized carbons (Fsp3) is 0.636. The zero-order chi connectivity index (χ0) is 13.0. The van der Waals surface area contributed by atoms with Crippen LogP contribution in [0.2, 0.25) is 0 Å². The van der Waals surface area contributed by atoms with Crippen LogP contribution >= 0.6 is 0 Å². The molecular formula is C11H21N5O. The van der Waals surface area contributed by atoms with Crippen LogP contribution < -0.4 is 11.1 Å². The lowest BCUT2D eigenvalue weighted by Gasteiger charge is -2.29. The first-order valence-electron chi connectivity index (χ1n) is 5.60. The molecule has 6 nitrogen and oxygen atoms in total. The minimum atomic E-state index is -0.0751. The summed E-state index contributed by atoms with van der Waals surface area (Å²) in [4.78, 5) is 13.3. The van der Waals surface area contributed by atoms with Gasteiger partial charge in [0.1, 0.15) is 0 Å². The molecule has 0 aromatic carbocycles. The maximum absolute atomic E-state index is 11.4. The second kappa shape index (κ2) is 5.79. The molecule has 1 amide bonds. The zero-order valence-electron chi connectivity index (χ0n) is 10.8. The summed E-state index contributed by atoms with van der Waals surface area (Å²) in [7, 11) is 5.37. The quantitative estimate of drug-likeness (QED) is 0.725. The topological polar surface area (TPSA) is 76.2 Å². The van der Waals surface area contributed by atoms with Crippen LogP contribution in [0.3, 0.4) is 0 Å². The molecule has 0 spiro atoms. The van der Waals surface area contributed by atoms with Crippen molar-refractivity contribution in [3.05, 3.63) is 18.0 Å². The van der Waals surface area contributed by atoms with Gasteiger partial charge in [0.2, 0.25) is 5.91 Å². The highest BCUT2D eigenvalue weighted by Gasteiger charge is 2.23. The maximum atomic E-state index is 11.4. The third kappa shape index (κ3) is 3.54. The van der Waals surface area contributed by atoms with Crippen molar-refractivity contribution < 1.29 is 4.79 Å². The van der Waals surface area contributed by atoms with Gasteiger partial charge in [0.05, 0.1) is 18.8 Å². The summed E-state index contributed by atoms with van der Waals surface area (Å²) < 4.78 is 1.73. The normalized spacial score (nSPS) is 14.7. The largest absolute Gasteiger partial charge is 0.358 e. The molecule has 6 heteroatoms. The number of nitrogens with two attached hydrogens (primary N) is 1. The lowest BCUT2D eigenvalue weighted by molar-refractivity contribution is -0.122. The third-order valence-electron chi connectivity index (χ3n) is 2.71. The SMILES string of the molecule is CNC(=O)CN(C)C(c1cnn(C)c1)C(C)N. The van der Waals surface area contributed by atoms with E-state index >= 15 is 0 Å². The highest BCUT2D eigenvalue weighted by atomic mass is 16.1. The van der Waals surface area contributed by atoms with Crippen molar-refractivity contribution in [3.63, 3.8) is 0 Å². The van der Waals surface area contributed by atoms with Gasteiger partial charge in [-0.05, 0) is 14.0 Å². The van der Waals surface area contributed by atoms with Crippen molar-refractivity contribution in [1.29, 1.82) is 0 Å². The van der Waals surface area contributed by atoms with Gasteiger partial charge < -0.3 is 11.1 Å². The van der Waals surface area contributed by atoms with Gasteiger partial charge in [-0.3, -0.25) is 14.4 Å².